The fourth-order valence-corrected chi connectivity index (χ4v) is 4.03. The highest BCUT2D eigenvalue weighted by Gasteiger charge is 2.63. The van der Waals surface area contributed by atoms with Gasteiger partial charge in [0.15, 0.2) is 0 Å². The second-order valence-electron chi connectivity index (χ2n) is 7.07. The lowest BCUT2D eigenvalue weighted by Gasteiger charge is -2.55. The SMILES string of the molecule is C=C(/C=C\C(O)=C/C)[C@H]1[C@H](C(=O)O)[C@H](C2(C)C=CC(O)=CC2)[C@H]1C(=O)O. The second-order valence-corrected chi connectivity index (χ2v) is 7.07. The number of carbonyl (C=O) groups is 2. The standard InChI is InChI=1S/C20H24O6/c1-4-12(21)6-5-11(2)14-15(18(23)24)17(16(14)19(25)26)20(3)9-7-13(22)8-10-20/h4-9,14-17,21-22H,2,10H2,1,3H3,(H,23,24)(H,25,26)/b6-5-,12-4+/t14-,15-,16-,17-,20?/m0/s1. The van der Waals surface area contributed by atoms with Crippen molar-refractivity contribution in [3.05, 3.63) is 60.1 Å². The normalized spacial score (nSPS) is 34.2. The average molecular weight is 360 g/mol. The van der Waals surface area contributed by atoms with E-state index in [0.29, 0.717) is 12.0 Å². The second kappa shape index (κ2) is 7.23. The third-order valence-corrected chi connectivity index (χ3v) is 5.46. The van der Waals surface area contributed by atoms with Gasteiger partial charge in [-0.3, -0.25) is 9.59 Å². The van der Waals surface area contributed by atoms with Crippen LogP contribution in [0.15, 0.2) is 60.1 Å². The lowest BCUT2D eigenvalue weighted by Crippen LogP contribution is -2.59. The fourth-order valence-electron chi connectivity index (χ4n) is 4.03. The van der Waals surface area contributed by atoms with Crippen LogP contribution in [0.1, 0.15) is 20.3 Å². The van der Waals surface area contributed by atoms with Crippen molar-refractivity contribution in [2.75, 3.05) is 0 Å². The molecule has 0 aromatic rings. The van der Waals surface area contributed by atoms with Crippen LogP contribution in [0.3, 0.4) is 0 Å². The van der Waals surface area contributed by atoms with Crippen molar-refractivity contribution in [1.29, 1.82) is 0 Å². The van der Waals surface area contributed by atoms with Gasteiger partial charge in [-0.05, 0) is 49.0 Å². The van der Waals surface area contributed by atoms with Crippen molar-refractivity contribution in [3.63, 3.8) is 0 Å². The number of hydrogen-bond acceptors (Lipinski definition) is 4. The summed E-state index contributed by atoms with van der Waals surface area (Å²) < 4.78 is 0. The molecule has 4 N–H and O–H groups in total. The lowest BCUT2D eigenvalue weighted by atomic mass is 9.46. The van der Waals surface area contributed by atoms with Crippen molar-refractivity contribution >= 4 is 11.9 Å². The molecule has 1 fully saturated rings. The van der Waals surface area contributed by atoms with E-state index >= 15 is 0 Å². The van der Waals surface area contributed by atoms with E-state index in [9.17, 15) is 30.0 Å². The highest BCUT2D eigenvalue weighted by molar-refractivity contribution is 5.81. The molecule has 6 nitrogen and oxygen atoms in total. The summed E-state index contributed by atoms with van der Waals surface area (Å²) in [5, 5.41) is 38.5. The number of carboxylic acids is 2. The molecule has 0 spiro atoms. The molecule has 1 saturated carbocycles. The highest BCUT2D eigenvalue weighted by Crippen LogP contribution is 2.59. The summed E-state index contributed by atoms with van der Waals surface area (Å²) in [6, 6.07) is 0. The molecule has 6 heteroatoms. The van der Waals surface area contributed by atoms with Crippen molar-refractivity contribution in [2.45, 2.75) is 20.3 Å². The molecule has 2 rings (SSSR count). The maximum Gasteiger partial charge on any atom is 0.307 e. The Morgan fingerprint density at radius 2 is 1.73 bits per heavy atom. The Kier molecular flexibility index (Phi) is 5.44. The van der Waals surface area contributed by atoms with Gasteiger partial charge < -0.3 is 20.4 Å². The first-order chi connectivity index (χ1) is 12.1. The summed E-state index contributed by atoms with van der Waals surface area (Å²) in [4.78, 5) is 23.8. The number of allylic oxidation sites excluding steroid dienone is 7. The van der Waals surface area contributed by atoms with Gasteiger partial charge in [-0.2, -0.15) is 0 Å². The summed E-state index contributed by atoms with van der Waals surface area (Å²) in [5.74, 6) is -5.29. The monoisotopic (exact) mass is 360 g/mol. The van der Waals surface area contributed by atoms with Crippen LogP contribution in [0.4, 0.5) is 0 Å². The molecule has 0 bridgehead atoms. The van der Waals surface area contributed by atoms with E-state index in [1.165, 1.54) is 24.3 Å². The Bertz CT molecular complexity index is 719. The first-order valence-electron chi connectivity index (χ1n) is 8.38. The van der Waals surface area contributed by atoms with Gasteiger partial charge in [0.1, 0.15) is 11.5 Å². The lowest BCUT2D eigenvalue weighted by molar-refractivity contribution is -0.177. The van der Waals surface area contributed by atoms with Crippen molar-refractivity contribution in [2.24, 2.45) is 29.1 Å². The van der Waals surface area contributed by atoms with Crippen molar-refractivity contribution in [3.8, 4) is 0 Å². The van der Waals surface area contributed by atoms with Crippen LogP contribution in [0, 0.1) is 29.1 Å². The van der Waals surface area contributed by atoms with Gasteiger partial charge in [-0.25, -0.2) is 0 Å². The molecule has 0 amide bonds. The van der Waals surface area contributed by atoms with Crippen LogP contribution in [0.2, 0.25) is 0 Å². The topological polar surface area (TPSA) is 115 Å². The van der Waals surface area contributed by atoms with Crippen LogP contribution in [0.25, 0.3) is 0 Å². The largest absolute Gasteiger partial charge is 0.508 e. The van der Waals surface area contributed by atoms with Crippen LogP contribution in [-0.4, -0.2) is 32.4 Å². The number of hydrogen-bond donors (Lipinski definition) is 4. The predicted molar refractivity (Wildman–Crippen MR) is 96.5 cm³/mol. The summed E-state index contributed by atoms with van der Waals surface area (Å²) in [6.45, 7) is 7.29. The van der Waals surface area contributed by atoms with Gasteiger partial charge >= 0.3 is 11.9 Å². The minimum absolute atomic E-state index is 0.0106. The van der Waals surface area contributed by atoms with Gasteiger partial charge in [0.05, 0.1) is 11.8 Å². The van der Waals surface area contributed by atoms with E-state index in [2.05, 4.69) is 6.58 Å². The number of carboxylic acid groups (broad SMARTS) is 2. The molecule has 0 aromatic heterocycles. The molecule has 0 aromatic carbocycles. The predicted octanol–water partition coefficient (Wildman–Crippen LogP) is 3.62. The molecular formula is C20H24O6. The molecule has 0 aliphatic heterocycles. The number of aliphatic hydroxyl groups is 2. The van der Waals surface area contributed by atoms with Crippen LogP contribution < -0.4 is 0 Å². The first kappa shape index (κ1) is 19.6. The Morgan fingerprint density at radius 1 is 1.15 bits per heavy atom. The van der Waals surface area contributed by atoms with E-state index in [0.717, 1.165) is 0 Å². The third-order valence-electron chi connectivity index (χ3n) is 5.46. The van der Waals surface area contributed by atoms with E-state index in [-0.39, 0.29) is 11.5 Å². The van der Waals surface area contributed by atoms with Crippen LogP contribution in [0.5, 0.6) is 0 Å². The average Bonchev–Trinajstić information content (AvgIpc) is 2.53. The zero-order valence-electron chi connectivity index (χ0n) is 14.8. The molecule has 0 heterocycles. The molecule has 1 unspecified atom stereocenters. The quantitative estimate of drug-likeness (QED) is 0.425. The van der Waals surface area contributed by atoms with Crippen molar-refractivity contribution in [1.82, 2.24) is 0 Å². The Labute approximate surface area is 152 Å². The Hall–Kier alpha value is -2.76. The molecule has 2 aliphatic carbocycles. The van der Waals surface area contributed by atoms with E-state index < -0.39 is 41.0 Å². The van der Waals surface area contributed by atoms with Gasteiger partial charge in [0.25, 0.3) is 0 Å². The van der Waals surface area contributed by atoms with E-state index in [1.807, 2.05) is 6.92 Å². The van der Waals surface area contributed by atoms with Gasteiger partial charge in [0, 0.05) is 5.92 Å². The molecule has 26 heavy (non-hydrogen) atoms. The third kappa shape index (κ3) is 3.45. The fraction of sp³-hybridized carbons (Fsp3) is 0.400. The van der Waals surface area contributed by atoms with E-state index in [4.69, 9.17) is 0 Å². The maximum absolute atomic E-state index is 11.9. The first-order valence-corrected chi connectivity index (χ1v) is 8.38. The summed E-state index contributed by atoms with van der Waals surface area (Å²) >= 11 is 0. The molecule has 0 saturated heterocycles. The van der Waals surface area contributed by atoms with Gasteiger partial charge in [0.2, 0.25) is 0 Å². The minimum Gasteiger partial charge on any atom is -0.508 e. The van der Waals surface area contributed by atoms with Crippen LogP contribution >= 0.6 is 0 Å². The number of aliphatic hydroxyl groups excluding tert-OH is 2. The molecule has 140 valence electrons. The smallest absolute Gasteiger partial charge is 0.307 e. The highest BCUT2D eigenvalue weighted by atomic mass is 16.4. The summed E-state index contributed by atoms with van der Waals surface area (Å²) in [5.41, 5.74) is -0.333. The Morgan fingerprint density at radius 3 is 2.15 bits per heavy atom. The molecular weight excluding hydrogens is 336 g/mol. The molecule has 0 radical (unpaired) electrons. The number of aliphatic carboxylic acids is 2. The zero-order valence-corrected chi connectivity index (χ0v) is 14.8. The van der Waals surface area contributed by atoms with Crippen LogP contribution in [-0.2, 0) is 9.59 Å². The maximum atomic E-state index is 11.9. The zero-order chi connectivity index (χ0) is 19.6. The Balaban J connectivity index is 2.37. The summed E-state index contributed by atoms with van der Waals surface area (Å²) in [7, 11) is 0. The molecule has 3 atom stereocenters. The van der Waals surface area contributed by atoms with Gasteiger partial charge in [-0.1, -0.05) is 31.2 Å². The van der Waals surface area contributed by atoms with Gasteiger partial charge in [-0.15, -0.1) is 0 Å². The summed E-state index contributed by atoms with van der Waals surface area (Å²) in [6.07, 6.45) is 9.41. The minimum atomic E-state index is -1.07. The number of rotatable bonds is 6. The molecule has 2 aliphatic rings. The van der Waals surface area contributed by atoms with E-state index in [1.54, 1.807) is 19.1 Å². The van der Waals surface area contributed by atoms with Crippen molar-refractivity contribution < 1.29 is 30.0 Å².